The molecule has 12 heteroatoms. The summed E-state index contributed by atoms with van der Waals surface area (Å²) < 4.78 is 63.5. The van der Waals surface area contributed by atoms with Gasteiger partial charge >= 0.3 is 24.3 Å². The molecule has 2 fully saturated rings. The molecule has 1 spiro atoms. The summed E-state index contributed by atoms with van der Waals surface area (Å²) in [7, 11) is 0. The van der Waals surface area contributed by atoms with E-state index < -0.39 is 24.3 Å². The number of hydrogen-bond acceptors (Lipinski definition) is 4. The Morgan fingerprint density at radius 3 is 1.42 bits per heavy atom. The molecule has 0 aromatic heterocycles. The molecule has 1 aliphatic carbocycles. The number of aliphatic carboxylic acids is 2. The summed E-state index contributed by atoms with van der Waals surface area (Å²) in [6.45, 7) is 1.17. The zero-order chi connectivity index (χ0) is 19.0. The van der Waals surface area contributed by atoms with Gasteiger partial charge in [-0.3, -0.25) is 10.9 Å². The molecule has 142 valence electrons. The van der Waals surface area contributed by atoms with Crippen LogP contribution in [0, 0.1) is 0 Å². The summed E-state index contributed by atoms with van der Waals surface area (Å²) in [6, 6.07) is 0. The second-order valence-corrected chi connectivity index (χ2v) is 5.25. The second kappa shape index (κ2) is 9.06. The van der Waals surface area contributed by atoms with Gasteiger partial charge in [0.05, 0.1) is 0 Å². The van der Waals surface area contributed by atoms with Crippen molar-refractivity contribution in [1.82, 2.24) is 10.9 Å². The summed E-state index contributed by atoms with van der Waals surface area (Å²) in [6.07, 6.45) is -1.75. The predicted octanol–water partition coefficient (Wildman–Crippen LogP) is 2.45. The lowest BCUT2D eigenvalue weighted by Gasteiger charge is -2.32. The molecule has 0 radical (unpaired) electrons. The number of hydrazine groups is 1. The molecule has 2 aliphatic rings. The van der Waals surface area contributed by atoms with Gasteiger partial charge < -0.3 is 10.2 Å². The zero-order valence-corrected chi connectivity index (χ0v) is 12.4. The molecule has 0 unspecified atom stereocenters. The quantitative estimate of drug-likeness (QED) is 0.491. The van der Waals surface area contributed by atoms with Crippen LogP contribution < -0.4 is 10.9 Å². The van der Waals surface area contributed by atoms with Crippen LogP contribution in [-0.4, -0.2) is 46.6 Å². The number of hydrogen-bond donors (Lipinski definition) is 4. The maximum Gasteiger partial charge on any atom is 0.490 e. The van der Waals surface area contributed by atoms with Crippen molar-refractivity contribution in [3.05, 3.63) is 0 Å². The average molecular weight is 368 g/mol. The van der Waals surface area contributed by atoms with Gasteiger partial charge in [0.25, 0.3) is 0 Å². The molecule has 6 nitrogen and oxygen atoms in total. The maximum absolute atomic E-state index is 10.6. The second-order valence-electron chi connectivity index (χ2n) is 5.25. The first kappa shape index (κ1) is 22.4. The van der Waals surface area contributed by atoms with Crippen molar-refractivity contribution in [2.24, 2.45) is 0 Å². The van der Waals surface area contributed by atoms with Gasteiger partial charge in [0.15, 0.2) is 0 Å². The fourth-order valence-corrected chi connectivity index (χ4v) is 2.22. The van der Waals surface area contributed by atoms with Crippen LogP contribution >= 0.6 is 0 Å². The Hall–Kier alpha value is -1.56. The van der Waals surface area contributed by atoms with Crippen LogP contribution in [0.3, 0.4) is 0 Å². The molecule has 1 saturated heterocycles. The maximum atomic E-state index is 10.6. The van der Waals surface area contributed by atoms with E-state index in [1.807, 2.05) is 0 Å². The smallest absolute Gasteiger partial charge is 0.475 e. The number of alkyl halides is 6. The summed E-state index contributed by atoms with van der Waals surface area (Å²) in [5, 5.41) is 14.2. The Kier molecular flexibility index (Phi) is 8.47. The van der Waals surface area contributed by atoms with Gasteiger partial charge in [0, 0.05) is 12.1 Å². The van der Waals surface area contributed by atoms with Crippen molar-refractivity contribution >= 4 is 11.9 Å². The number of carboxylic acid groups (broad SMARTS) is 2. The normalized spacial score (nSPS) is 19.6. The van der Waals surface area contributed by atoms with Gasteiger partial charge in [-0.1, -0.05) is 19.3 Å². The van der Waals surface area contributed by atoms with Crippen molar-refractivity contribution < 1.29 is 46.1 Å². The molecular weight excluding hydrogens is 350 g/mol. The Morgan fingerprint density at radius 2 is 1.17 bits per heavy atom. The highest BCUT2D eigenvalue weighted by atomic mass is 19.4. The average Bonchev–Trinajstić information content (AvgIpc) is 2.87. The molecular formula is C12H18F6N2O4. The number of carboxylic acids is 2. The largest absolute Gasteiger partial charge is 0.490 e. The monoisotopic (exact) mass is 368 g/mol. The zero-order valence-electron chi connectivity index (χ0n) is 12.4. The third-order valence-electron chi connectivity index (χ3n) is 3.38. The van der Waals surface area contributed by atoms with Crippen LogP contribution in [0.1, 0.15) is 38.5 Å². The van der Waals surface area contributed by atoms with Crippen LogP contribution in [0.5, 0.6) is 0 Å². The topological polar surface area (TPSA) is 98.7 Å². The summed E-state index contributed by atoms with van der Waals surface area (Å²) >= 11 is 0. The minimum atomic E-state index is -5.08. The molecule has 0 aromatic carbocycles. The van der Waals surface area contributed by atoms with E-state index in [1.165, 1.54) is 45.1 Å². The van der Waals surface area contributed by atoms with E-state index in [1.54, 1.807) is 0 Å². The number of nitrogens with one attached hydrogen (secondary N) is 2. The van der Waals surface area contributed by atoms with Crippen LogP contribution in [0.4, 0.5) is 26.3 Å². The molecule has 4 N–H and O–H groups in total. The van der Waals surface area contributed by atoms with Gasteiger partial charge in [0.2, 0.25) is 0 Å². The molecule has 1 aliphatic heterocycles. The van der Waals surface area contributed by atoms with E-state index in [0.717, 1.165) is 0 Å². The summed E-state index contributed by atoms with van der Waals surface area (Å²) in [4.78, 5) is 17.8. The van der Waals surface area contributed by atoms with E-state index in [2.05, 4.69) is 10.9 Å². The predicted molar refractivity (Wildman–Crippen MR) is 69.0 cm³/mol. The minimum absolute atomic E-state index is 0.512. The highest BCUT2D eigenvalue weighted by Gasteiger charge is 2.39. The summed E-state index contributed by atoms with van der Waals surface area (Å²) in [5.74, 6) is -5.51. The highest BCUT2D eigenvalue weighted by Crippen LogP contribution is 2.31. The van der Waals surface area contributed by atoms with Crippen molar-refractivity contribution in [3.63, 3.8) is 0 Å². The molecule has 24 heavy (non-hydrogen) atoms. The van der Waals surface area contributed by atoms with Gasteiger partial charge in [-0.2, -0.15) is 26.3 Å². The first-order valence-electron chi connectivity index (χ1n) is 6.90. The van der Waals surface area contributed by atoms with Crippen LogP contribution in [-0.2, 0) is 9.59 Å². The fraction of sp³-hybridized carbons (Fsp3) is 0.833. The minimum Gasteiger partial charge on any atom is -0.475 e. The van der Waals surface area contributed by atoms with E-state index in [-0.39, 0.29) is 0 Å². The Bertz CT molecular complexity index is 387. The fourth-order valence-electron chi connectivity index (χ4n) is 2.22. The lowest BCUT2D eigenvalue weighted by Crippen LogP contribution is -2.44. The molecule has 0 bridgehead atoms. The van der Waals surface area contributed by atoms with Crippen molar-refractivity contribution in [3.8, 4) is 0 Å². The van der Waals surface area contributed by atoms with Crippen molar-refractivity contribution in [2.45, 2.75) is 56.4 Å². The van der Waals surface area contributed by atoms with E-state index in [4.69, 9.17) is 19.8 Å². The molecule has 1 heterocycles. The number of carbonyl (C=O) groups is 2. The standard InChI is InChI=1S/C8H16N2.2C2HF3O2/c1-2-4-8(5-3-1)6-7-9-10-8;2*3-2(4,5)1(6)7/h9-10H,1-7H2;2*(H,6,7). The van der Waals surface area contributed by atoms with Gasteiger partial charge in [-0.05, 0) is 19.3 Å². The molecule has 0 amide bonds. The first-order chi connectivity index (χ1) is 10.8. The van der Waals surface area contributed by atoms with E-state index in [9.17, 15) is 26.3 Å². The molecule has 2 rings (SSSR count). The SMILES string of the molecule is C1CCC2(CC1)CCNN2.O=C(O)C(F)(F)F.O=C(O)C(F)(F)F. The molecule has 0 atom stereocenters. The highest BCUT2D eigenvalue weighted by molar-refractivity contribution is 5.73. The van der Waals surface area contributed by atoms with Crippen LogP contribution in [0.15, 0.2) is 0 Å². The van der Waals surface area contributed by atoms with E-state index in [0.29, 0.717) is 5.54 Å². The molecule has 0 aromatic rings. The van der Waals surface area contributed by atoms with Crippen molar-refractivity contribution in [1.29, 1.82) is 0 Å². The van der Waals surface area contributed by atoms with Crippen molar-refractivity contribution in [2.75, 3.05) is 6.54 Å². The Balaban J connectivity index is 0.000000343. The Labute approximate surface area is 133 Å². The Morgan fingerprint density at radius 1 is 0.792 bits per heavy atom. The van der Waals surface area contributed by atoms with Crippen LogP contribution in [0.2, 0.25) is 0 Å². The van der Waals surface area contributed by atoms with Gasteiger partial charge in [-0.25, -0.2) is 9.59 Å². The van der Waals surface area contributed by atoms with Gasteiger partial charge in [-0.15, -0.1) is 0 Å². The lowest BCUT2D eigenvalue weighted by molar-refractivity contribution is -0.193. The number of rotatable bonds is 0. The lowest BCUT2D eigenvalue weighted by atomic mass is 9.81. The third kappa shape index (κ3) is 8.91. The summed E-state index contributed by atoms with van der Waals surface area (Å²) in [5.41, 5.74) is 7.17. The number of halogens is 6. The third-order valence-corrected chi connectivity index (χ3v) is 3.38. The van der Waals surface area contributed by atoms with Crippen LogP contribution in [0.25, 0.3) is 0 Å². The van der Waals surface area contributed by atoms with E-state index >= 15 is 0 Å². The first-order valence-corrected chi connectivity index (χ1v) is 6.90. The van der Waals surface area contributed by atoms with Gasteiger partial charge in [0.1, 0.15) is 0 Å². The molecule has 1 saturated carbocycles.